The summed E-state index contributed by atoms with van der Waals surface area (Å²) in [5, 5.41) is 3.38. The van der Waals surface area contributed by atoms with Crippen LogP contribution in [0, 0.1) is 19.8 Å². The summed E-state index contributed by atoms with van der Waals surface area (Å²) in [4.78, 5) is 0. The molecule has 82 valence electrons. The number of ether oxygens (including phenoxy) is 1. The van der Waals surface area contributed by atoms with Crippen molar-refractivity contribution in [3.63, 3.8) is 0 Å². The van der Waals surface area contributed by atoms with E-state index in [1.807, 2.05) is 7.05 Å². The molecule has 0 amide bonds. The predicted molar refractivity (Wildman–Crippen MR) is 62.4 cm³/mol. The van der Waals surface area contributed by atoms with Crippen molar-refractivity contribution in [1.82, 2.24) is 5.32 Å². The fraction of sp³-hybridized carbons (Fsp3) is 0.538. The summed E-state index contributed by atoms with van der Waals surface area (Å²) in [5.41, 5.74) is 3.87. The van der Waals surface area contributed by atoms with Crippen LogP contribution in [0.15, 0.2) is 12.1 Å². The summed E-state index contributed by atoms with van der Waals surface area (Å²) in [7, 11) is 2.02. The SMILES string of the molecule is CNC1c2cc(C)cc(C)c2OCC1C. The molecule has 1 aliphatic rings. The highest BCUT2D eigenvalue weighted by atomic mass is 16.5. The topological polar surface area (TPSA) is 21.3 Å². The van der Waals surface area contributed by atoms with E-state index in [9.17, 15) is 0 Å². The van der Waals surface area contributed by atoms with Gasteiger partial charge in [0.2, 0.25) is 0 Å². The fourth-order valence-electron chi connectivity index (χ4n) is 2.47. The maximum Gasteiger partial charge on any atom is 0.127 e. The summed E-state index contributed by atoms with van der Waals surface area (Å²) < 4.78 is 5.81. The monoisotopic (exact) mass is 205 g/mol. The average molecular weight is 205 g/mol. The Morgan fingerprint density at radius 3 is 2.73 bits per heavy atom. The first-order valence-corrected chi connectivity index (χ1v) is 5.54. The molecule has 0 aliphatic carbocycles. The van der Waals surface area contributed by atoms with Gasteiger partial charge in [0.25, 0.3) is 0 Å². The van der Waals surface area contributed by atoms with Crippen LogP contribution in [-0.4, -0.2) is 13.7 Å². The molecule has 0 aromatic heterocycles. The third-order valence-corrected chi connectivity index (χ3v) is 3.15. The lowest BCUT2D eigenvalue weighted by atomic mass is 9.89. The molecule has 15 heavy (non-hydrogen) atoms. The molecule has 0 saturated carbocycles. The Morgan fingerprint density at radius 2 is 2.07 bits per heavy atom. The summed E-state index contributed by atoms with van der Waals surface area (Å²) in [5.74, 6) is 1.61. The highest BCUT2D eigenvalue weighted by molar-refractivity contribution is 5.46. The minimum atomic E-state index is 0.423. The van der Waals surface area contributed by atoms with Crippen molar-refractivity contribution < 1.29 is 4.74 Å². The van der Waals surface area contributed by atoms with Crippen LogP contribution in [0.3, 0.4) is 0 Å². The summed E-state index contributed by atoms with van der Waals surface area (Å²) in [6.45, 7) is 7.29. The smallest absolute Gasteiger partial charge is 0.127 e. The molecule has 0 bridgehead atoms. The maximum absolute atomic E-state index is 5.81. The van der Waals surface area contributed by atoms with Crippen LogP contribution in [-0.2, 0) is 0 Å². The molecular weight excluding hydrogens is 186 g/mol. The van der Waals surface area contributed by atoms with E-state index in [4.69, 9.17) is 4.74 Å². The summed E-state index contributed by atoms with van der Waals surface area (Å²) >= 11 is 0. The van der Waals surface area contributed by atoms with Crippen molar-refractivity contribution in [1.29, 1.82) is 0 Å². The first-order valence-electron chi connectivity index (χ1n) is 5.54. The highest BCUT2D eigenvalue weighted by Crippen LogP contribution is 2.37. The maximum atomic E-state index is 5.81. The number of hydrogen-bond acceptors (Lipinski definition) is 2. The molecule has 2 atom stereocenters. The second kappa shape index (κ2) is 3.86. The van der Waals surface area contributed by atoms with Gasteiger partial charge in [0.05, 0.1) is 6.61 Å². The van der Waals surface area contributed by atoms with E-state index < -0.39 is 0 Å². The first-order chi connectivity index (χ1) is 7.13. The Morgan fingerprint density at radius 1 is 1.33 bits per heavy atom. The van der Waals surface area contributed by atoms with E-state index in [-0.39, 0.29) is 0 Å². The van der Waals surface area contributed by atoms with Crippen LogP contribution >= 0.6 is 0 Å². The molecule has 1 aliphatic heterocycles. The molecular formula is C13H19NO. The second-order valence-electron chi connectivity index (χ2n) is 4.55. The molecule has 0 spiro atoms. The van der Waals surface area contributed by atoms with Gasteiger partial charge < -0.3 is 10.1 Å². The van der Waals surface area contributed by atoms with Gasteiger partial charge in [-0.3, -0.25) is 0 Å². The van der Waals surface area contributed by atoms with E-state index in [0.717, 1.165) is 12.4 Å². The van der Waals surface area contributed by atoms with Crippen LogP contribution in [0.5, 0.6) is 5.75 Å². The molecule has 0 fully saturated rings. The number of hydrogen-bond donors (Lipinski definition) is 1. The van der Waals surface area contributed by atoms with Gasteiger partial charge in [-0.15, -0.1) is 0 Å². The predicted octanol–water partition coefficient (Wildman–Crippen LogP) is 2.59. The minimum absolute atomic E-state index is 0.423. The van der Waals surface area contributed by atoms with Gasteiger partial charge in [-0.25, -0.2) is 0 Å². The first kappa shape index (κ1) is 10.5. The second-order valence-corrected chi connectivity index (χ2v) is 4.55. The van der Waals surface area contributed by atoms with E-state index in [1.54, 1.807) is 0 Å². The summed E-state index contributed by atoms with van der Waals surface area (Å²) in [6.07, 6.45) is 0. The third kappa shape index (κ3) is 1.74. The number of fused-ring (bicyclic) bond motifs is 1. The Bertz CT molecular complexity index is 373. The van der Waals surface area contributed by atoms with Crippen LogP contribution in [0.2, 0.25) is 0 Å². The average Bonchev–Trinajstić information content (AvgIpc) is 2.17. The molecule has 1 aromatic carbocycles. The minimum Gasteiger partial charge on any atom is -0.493 e. The number of aryl methyl sites for hydroxylation is 2. The van der Waals surface area contributed by atoms with Gasteiger partial charge in [-0.2, -0.15) is 0 Å². The molecule has 1 aromatic rings. The Balaban J connectivity index is 2.52. The molecule has 2 heteroatoms. The Labute approximate surface area is 91.6 Å². The number of nitrogens with one attached hydrogen (secondary N) is 1. The zero-order valence-electron chi connectivity index (χ0n) is 9.92. The zero-order valence-corrected chi connectivity index (χ0v) is 9.92. The van der Waals surface area contributed by atoms with E-state index in [2.05, 4.69) is 38.2 Å². The van der Waals surface area contributed by atoms with Crippen molar-refractivity contribution in [2.24, 2.45) is 5.92 Å². The zero-order chi connectivity index (χ0) is 11.0. The lowest BCUT2D eigenvalue weighted by Crippen LogP contribution is -2.32. The molecule has 0 radical (unpaired) electrons. The lowest BCUT2D eigenvalue weighted by molar-refractivity contribution is 0.192. The molecule has 0 saturated heterocycles. The van der Waals surface area contributed by atoms with Crippen molar-refractivity contribution in [3.05, 3.63) is 28.8 Å². The van der Waals surface area contributed by atoms with Gasteiger partial charge in [-0.1, -0.05) is 24.6 Å². The van der Waals surface area contributed by atoms with Gasteiger partial charge >= 0.3 is 0 Å². The lowest BCUT2D eigenvalue weighted by Gasteiger charge is -2.32. The molecule has 2 rings (SSSR count). The van der Waals surface area contributed by atoms with Crippen LogP contribution in [0.4, 0.5) is 0 Å². The summed E-state index contributed by atoms with van der Waals surface area (Å²) in [6, 6.07) is 4.84. The normalized spacial score (nSPS) is 24.5. The van der Waals surface area contributed by atoms with E-state index in [1.165, 1.54) is 16.7 Å². The quantitative estimate of drug-likeness (QED) is 0.761. The highest BCUT2D eigenvalue weighted by Gasteiger charge is 2.27. The standard InChI is InChI=1S/C13H19NO/c1-8-5-9(2)13-11(6-8)12(14-4)10(3)7-15-13/h5-6,10,12,14H,7H2,1-4H3. The Kier molecular flexibility index (Phi) is 2.70. The van der Waals surface area contributed by atoms with Gasteiger partial charge in [0, 0.05) is 17.5 Å². The van der Waals surface area contributed by atoms with E-state index >= 15 is 0 Å². The van der Waals surface area contributed by atoms with E-state index in [0.29, 0.717) is 12.0 Å². The number of rotatable bonds is 1. The molecule has 2 nitrogen and oxygen atoms in total. The Hall–Kier alpha value is -1.02. The molecule has 1 heterocycles. The van der Waals surface area contributed by atoms with Crippen molar-refractivity contribution in [3.8, 4) is 5.75 Å². The van der Waals surface area contributed by atoms with Gasteiger partial charge in [-0.05, 0) is 26.5 Å². The van der Waals surface area contributed by atoms with Crippen LogP contribution < -0.4 is 10.1 Å². The van der Waals surface area contributed by atoms with Crippen LogP contribution in [0.1, 0.15) is 29.7 Å². The number of benzene rings is 1. The van der Waals surface area contributed by atoms with Gasteiger partial charge in [0.15, 0.2) is 0 Å². The van der Waals surface area contributed by atoms with Crippen LogP contribution in [0.25, 0.3) is 0 Å². The largest absolute Gasteiger partial charge is 0.493 e. The van der Waals surface area contributed by atoms with Crippen molar-refractivity contribution in [2.45, 2.75) is 26.8 Å². The van der Waals surface area contributed by atoms with Crippen molar-refractivity contribution in [2.75, 3.05) is 13.7 Å². The van der Waals surface area contributed by atoms with Crippen molar-refractivity contribution >= 4 is 0 Å². The molecule has 2 unspecified atom stereocenters. The molecule has 1 N–H and O–H groups in total. The third-order valence-electron chi connectivity index (χ3n) is 3.15. The van der Waals surface area contributed by atoms with Gasteiger partial charge in [0.1, 0.15) is 5.75 Å². The fourth-order valence-corrected chi connectivity index (χ4v) is 2.47.